The number of ether oxygens (including phenoxy) is 1. The van der Waals surface area contributed by atoms with Crippen LogP contribution in [0.5, 0.6) is 0 Å². The minimum absolute atomic E-state index is 0.0307. The lowest BCUT2D eigenvalue weighted by molar-refractivity contribution is -0.115. The smallest absolute Gasteiger partial charge is 0.274 e. The van der Waals surface area contributed by atoms with Crippen LogP contribution in [0.25, 0.3) is 10.9 Å². The molecule has 1 fully saturated rings. The molecule has 1 N–H and O–H groups in total. The molecule has 8 nitrogen and oxygen atoms in total. The first-order chi connectivity index (χ1) is 18.0. The summed E-state index contributed by atoms with van der Waals surface area (Å²) in [5, 5.41) is 12.6. The second-order valence-electron chi connectivity index (χ2n) is 9.59. The molecular weight excluding hydrogens is 473 g/mol. The van der Waals surface area contributed by atoms with Crippen LogP contribution in [0.4, 0.5) is 4.39 Å². The van der Waals surface area contributed by atoms with E-state index >= 15 is 0 Å². The quantitative estimate of drug-likeness (QED) is 0.453. The van der Waals surface area contributed by atoms with Crippen molar-refractivity contribution in [3.63, 3.8) is 0 Å². The highest BCUT2D eigenvalue weighted by molar-refractivity contribution is 6.00. The fourth-order valence-corrected chi connectivity index (χ4v) is 5.27. The van der Waals surface area contributed by atoms with Crippen LogP contribution >= 0.6 is 0 Å². The number of aromatic amines is 1. The summed E-state index contributed by atoms with van der Waals surface area (Å²) in [5.41, 5.74) is 5.26. The first-order valence-electron chi connectivity index (χ1n) is 12.3. The molecule has 188 valence electrons. The third-order valence-corrected chi connectivity index (χ3v) is 7.11. The summed E-state index contributed by atoms with van der Waals surface area (Å²) in [6, 6.07) is 13.2. The maximum atomic E-state index is 13.8. The minimum atomic E-state index is -0.555. The maximum absolute atomic E-state index is 13.8. The van der Waals surface area contributed by atoms with Gasteiger partial charge in [-0.2, -0.15) is 10.2 Å². The van der Waals surface area contributed by atoms with E-state index in [2.05, 4.69) is 10.2 Å². The molecule has 4 heterocycles. The van der Waals surface area contributed by atoms with Gasteiger partial charge < -0.3 is 9.64 Å². The number of nitrogens with one attached hydrogen (secondary N) is 1. The van der Waals surface area contributed by atoms with Crippen molar-refractivity contribution in [1.29, 1.82) is 0 Å². The van der Waals surface area contributed by atoms with Crippen LogP contribution in [0.1, 0.15) is 40.3 Å². The molecular formula is C28H26FN5O3. The molecule has 2 aliphatic heterocycles. The van der Waals surface area contributed by atoms with E-state index in [-0.39, 0.29) is 23.9 Å². The molecule has 1 atom stereocenters. The van der Waals surface area contributed by atoms with Crippen LogP contribution in [-0.4, -0.2) is 62.9 Å². The average molecular weight is 500 g/mol. The lowest BCUT2D eigenvalue weighted by Crippen LogP contribution is -2.41. The molecule has 2 aromatic carbocycles. The third-order valence-electron chi connectivity index (χ3n) is 7.11. The van der Waals surface area contributed by atoms with Crippen LogP contribution in [0.3, 0.4) is 0 Å². The van der Waals surface area contributed by atoms with Gasteiger partial charge in [-0.1, -0.05) is 23.8 Å². The van der Waals surface area contributed by atoms with Gasteiger partial charge in [-0.15, -0.1) is 0 Å². The number of morpholine rings is 1. The van der Waals surface area contributed by atoms with Gasteiger partial charge in [-0.3, -0.25) is 19.4 Å². The summed E-state index contributed by atoms with van der Waals surface area (Å²) in [6.07, 6.45) is 2.45. The molecule has 1 saturated heterocycles. The molecule has 6 rings (SSSR count). The number of nitrogens with zero attached hydrogens (tertiary/aromatic N) is 4. The standard InChI is InChI=1S/C28H26FN5O3/c1-17-12-22-15-24(28(36)33-8-10-37-11-9-33)32-34(22)27(19-3-5-21(29)6-4-19)26(17)25(35)14-18-2-7-23-20(13-18)16-30-31-23/h2-7,13,15-16,27H,8-12,14H2,1H3,(H,30,31). The van der Waals surface area contributed by atoms with Crippen molar-refractivity contribution in [2.24, 2.45) is 0 Å². The number of rotatable bonds is 5. The van der Waals surface area contributed by atoms with Crippen molar-refractivity contribution >= 4 is 22.6 Å². The monoisotopic (exact) mass is 499 g/mol. The zero-order valence-corrected chi connectivity index (χ0v) is 20.4. The molecule has 0 saturated carbocycles. The highest BCUT2D eigenvalue weighted by Gasteiger charge is 2.34. The molecule has 1 amide bonds. The number of ketones is 1. The van der Waals surface area contributed by atoms with Crippen LogP contribution < -0.4 is 0 Å². The van der Waals surface area contributed by atoms with E-state index < -0.39 is 6.04 Å². The first-order valence-corrected chi connectivity index (χ1v) is 12.3. The largest absolute Gasteiger partial charge is 0.378 e. The number of allylic oxidation sites excluding steroid dienone is 2. The van der Waals surface area contributed by atoms with E-state index in [1.807, 2.05) is 31.2 Å². The predicted molar refractivity (Wildman–Crippen MR) is 135 cm³/mol. The molecule has 1 unspecified atom stereocenters. The summed E-state index contributed by atoms with van der Waals surface area (Å²) >= 11 is 0. The van der Waals surface area contributed by atoms with E-state index in [1.165, 1.54) is 12.1 Å². The summed E-state index contributed by atoms with van der Waals surface area (Å²) < 4.78 is 21.0. The molecule has 0 bridgehead atoms. The zero-order valence-electron chi connectivity index (χ0n) is 20.4. The molecule has 0 radical (unpaired) electrons. The van der Waals surface area contributed by atoms with Gasteiger partial charge in [-0.05, 0) is 48.4 Å². The number of aromatic nitrogens is 4. The fourth-order valence-electron chi connectivity index (χ4n) is 5.27. The second kappa shape index (κ2) is 9.40. The molecule has 4 aromatic rings. The number of carbonyl (C=O) groups is 2. The number of carbonyl (C=O) groups excluding carboxylic acids is 2. The van der Waals surface area contributed by atoms with Gasteiger partial charge in [0, 0.05) is 42.6 Å². The Morgan fingerprint density at radius 3 is 2.68 bits per heavy atom. The number of benzene rings is 2. The topological polar surface area (TPSA) is 93.1 Å². The third kappa shape index (κ3) is 4.35. The van der Waals surface area contributed by atoms with E-state index in [4.69, 9.17) is 9.84 Å². The highest BCUT2D eigenvalue weighted by atomic mass is 19.1. The van der Waals surface area contributed by atoms with E-state index in [1.54, 1.807) is 27.9 Å². The van der Waals surface area contributed by atoms with E-state index in [9.17, 15) is 14.0 Å². The number of fused-ring (bicyclic) bond motifs is 2. The highest BCUT2D eigenvalue weighted by Crippen LogP contribution is 2.37. The number of Topliss-reactive ketones (excluding diaryl/α,β-unsaturated/α-hetero) is 1. The van der Waals surface area contributed by atoms with Gasteiger partial charge in [0.15, 0.2) is 11.5 Å². The number of hydrogen-bond donors (Lipinski definition) is 1. The summed E-state index contributed by atoms with van der Waals surface area (Å²) in [4.78, 5) is 28.7. The zero-order chi connectivity index (χ0) is 25.5. The Kier molecular flexibility index (Phi) is 5.92. The summed E-state index contributed by atoms with van der Waals surface area (Å²) in [5.74, 6) is -0.538. The van der Waals surface area contributed by atoms with Crippen LogP contribution in [0.2, 0.25) is 0 Å². The maximum Gasteiger partial charge on any atom is 0.274 e. The van der Waals surface area contributed by atoms with Crippen LogP contribution in [0, 0.1) is 5.82 Å². The normalized spacial score (nSPS) is 17.8. The van der Waals surface area contributed by atoms with Gasteiger partial charge in [0.05, 0.1) is 24.9 Å². The van der Waals surface area contributed by atoms with E-state index in [0.29, 0.717) is 44.0 Å². The van der Waals surface area contributed by atoms with Crippen molar-refractivity contribution in [3.05, 3.63) is 94.2 Å². The number of H-pyrrole nitrogens is 1. The summed E-state index contributed by atoms with van der Waals surface area (Å²) in [6.45, 7) is 3.99. The molecule has 0 spiro atoms. The number of hydrogen-bond acceptors (Lipinski definition) is 5. The SMILES string of the molecule is CC1=C(C(=O)Cc2ccc3[nH]ncc3c2)C(c2ccc(F)cc2)n2nc(C(=O)N3CCOCC3)cc2C1. The molecule has 2 aromatic heterocycles. The average Bonchev–Trinajstić information content (AvgIpc) is 3.55. The van der Waals surface area contributed by atoms with Crippen LogP contribution in [-0.2, 0) is 22.4 Å². The van der Waals surface area contributed by atoms with Crippen molar-refractivity contribution in [2.75, 3.05) is 26.3 Å². The second-order valence-corrected chi connectivity index (χ2v) is 9.59. The molecule has 2 aliphatic rings. The first kappa shape index (κ1) is 23.3. The van der Waals surface area contributed by atoms with Crippen LogP contribution in [0.15, 0.2) is 65.9 Å². The molecule has 0 aliphatic carbocycles. The number of amides is 1. The van der Waals surface area contributed by atoms with Crippen molar-refractivity contribution in [1.82, 2.24) is 24.9 Å². The predicted octanol–water partition coefficient (Wildman–Crippen LogP) is 3.64. The van der Waals surface area contributed by atoms with Gasteiger partial charge in [0.2, 0.25) is 0 Å². The van der Waals surface area contributed by atoms with Crippen molar-refractivity contribution < 1.29 is 18.7 Å². The van der Waals surface area contributed by atoms with Gasteiger partial charge in [0.25, 0.3) is 5.91 Å². The Bertz CT molecular complexity index is 1530. The summed E-state index contributed by atoms with van der Waals surface area (Å²) in [7, 11) is 0. The Morgan fingerprint density at radius 2 is 1.89 bits per heavy atom. The van der Waals surface area contributed by atoms with Gasteiger partial charge in [0.1, 0.15) is 11.9 Å². The Balaban J connectivity index is 1.37. The number of halogens is 1. The van der Waals surface area contributed by atoms with Crippen molar-refractivity contribution in [2.45, 2.75) is 25.8 Å². The Labute approximate surface area is 212 Å². The van der Waals surface area contributed by atoms with Gasteiger partial charge in [-0.25, -0.2) is 4.39 Å². The molecule has 37 heavy (non-hydrogen) atoms. The minimum Gasteiger partial charge on any atom is -0.378 e. The lowest BCUT2D eigenvalue weighted by atomic mass is 9.85. The lowest BCUT2D eigenvalue weighted by Gasteiger charge is -2.29. The Hall–Kier alpha value is -4.11. The molecule has 9 heteroatoms. The Morgan fingerprint density at radius 1 is 1.11 bits per heavy atom. The fraction of sp³-hybridized carbons (Fsp3) is 0.286. The van der Waals surface area contributed by atoms with E-state index in [0.717, 1.165) is 33.3 Å². The van der Waals surface area contributed by atoms with Crippen molar-refractivity contribution in [3.8, 4) is 0 Å². The van der Waals surface area contributed by atoms with Gasteiger partial charge >= 0.3 is 0 Å².